The highest BCUT2D eigenvalue weighted by atomic mass is 16.2. The summed E-state index contributed by atoms with van der Waals surface area (Å²) in [5.41, 5.74) is 0.716. The summed E-state index contributed by atoms with van der Waals surface area (Å²) < 4.78 is 0. The molecule has 0 saturated carbocycles. The van der Waals surface area contributed by atoms with E-state index in [0.717, 1.165) is 25.9 Å². The number of carbonyl (C=O) groups excluding carboxylic acids is 2. The molecule has 120 valence electrons. The highest BCUT2D eigenvalue weighted by Gasteiger charge is 2.29. The first-order valence-electron chi connectivity index (χ1n) is 7.99. The molecule has 1 aliphatic rings. The molecule has 1 atom stereocenters. The van der Waals surface area contributed by atoms with E-state index in [0.29, 0.717) is 5.69 Å². The summed E-state index contributed by atoms with van der Waals surface area (Å²) in [4.78, 5) is 26.6. The molecule has 1 aliphatic heterocycles. The Morgan fingerprint density at radius 3 is 2.27 bits per heavy atom. The first-order chi connectivity index (χ1) is 10.6. The van der Waals surface area contributed by atoms with Gasteiger partial charge in [-0.25, -0.2) is 4.79 Å². The topological polar surface area (TPSA) is 61.4 Å². The van der Waals surface area contributed by atoms with Crippen molar-refractivity contribution in [1.29, 1.82) is 0 Å². The van der Waals surface area contributed by atoms with Crippen LogP contribution in [0.2, 0.25) is 0 Å². The molecule has 0 aliphatic carbocycles. The van der Waals surface area contributed by atoms with E-state index in [1.54, 1.807) is 0 Å². The first kappa shape index (κ1) is 16.3. The van der Waals surface area contributed by atoms with Crippen LogP contribution in [0.5, 0.6) is 0 Å². The van der Waals surface area contributed by atoms with Crippen molar-refractivity contribution in [3.8, 4) is 0 Å². The number of urea groups is 1. The van der Waals surface area contributed by atoms with Crippen LogP contribution in [0.25, 0.3) is 0 Å². The van der Waals surface area contributed by atoms with Crippen molar-refractivity contribution < 1.29 is 9.59 Å². The number of amides is 3. The molecule has 0 unspecified atom stereocenters. The maximum Gasteiger partial charge on any atom is 0.319 e. The van der Waals surface area contributed by atoms with E-state index in [1.165, 1.54) is 6.42 Å². The van der Waals surface area contributed by atoms with Gasteiger partial charge in [0.05, 0.1) is 0 Å². The van der Waals surface area contributed by atoms with Crippen molar-refractivity contribution in [2.24, 2.45) is 5.92 Å². The van der Waals surface area contributed by atoms with E-state index < -0.39 is 6.04 Å². The molecule has 0 aromatic heterocycles. The zero-order chi connectivity index (χ0) is 15.9. The van der Waals surface area contributed by atoms with E-state index in [1.807, 2.05) is 49.1 Å². The lowest BCUT2D eigenvalue weighted by Crippen LogP contribution is -2.53. The molecular formula is C17H25N3O2. The monoisotopic (exact) mass is 303 g/mol. The third-order valence-corrected chi connectivity index (χ3v) is 3.92. The third-order valence-electron chi connectivity index (χ3n) is 3.92. The van der Waals surface area contributed by atoms with E-state index in [4.69, 9.17) is 0 Å². The van der Waals surface area contributed by atoms with Crippen molar-refractivity contribution in [3.63, 3.8) is 0 Å². The minimum Gasteiger partial charge on any atom is -0.341 e. The molecule has 1 aromatic carbocycles. The number of benzene rings is 1. The minimum atomic E-state index is -0.484. The molecule has 0 bridgehead atoms. The molecule has 5 nitrogen and oxygen atoms in total. The van der Waals surface area contributed by atoms with E-state index >= 15 is 0 Å². The fourth-order valence-corrected chi connectivity index (χ4v) is 2.65. The summed E-state index contributed by atoms with van der Waals surface area (Å²) in [5, 5.41) is 5.59. The SMILES string of the molecule is CC(C)[C@H](NC(=O)Nc1ccccc1)C(=O)N1CCCCC1. The molecule has 0 radical (unpaired) electrons. The number of para-hydroxylation sites is 1. The Labute approximate surface area is 132 Å². The summed E-state index contributed by atoms with van der Waals surface area (Å²) in [5.74, 6) is 0.0776. The highest BCUT2D eigenvalue weighted by molar-refractivity contribution is 5.93. The van der Waals surface area contributed by atoms with Gasteiger partial charge in [0.25, 0.3) is 0 Å². The van der Waals surface area contributed by atoms with Gasteiger partial charge in [-0.2, -0.15) is 0 Å². The average Bonchev–Trinajstić information content (AvgIpc) is 2.53. The lowest BCUT2D eigenvalue weighted by atomic mass is 10.0. The normalized spacial score (nSPS) is 16.2. The number of nitrogens with one attached hydrogen (secondary N) is 2. The van der Waals surface area contributed by atoms with Gasteiger partial charge >= 0.3 is 6.03 Å². The molecule has 1 aromatic rings. The number of likely N-dealkylation sites (tertiary alicyclic amines) is 1. The number of anilines is 1. The number of carbonyl (C=O) groups is 2. The van der Waals surface area contributed by atoms with Crippen LogP contribution in [0, 0.1) is 5.92 Å². The summed E-state index contributed by atoms with van der Waals surface area (Å²) >= 11 is 0. The fourth-order valence-electron chi connectivity index (χ4n) is 2.65. The number of rotatable bonds is 4. The van der Waals surface area contributed by atoms with Gasteiger partial charge in [-0.3, -0.25) is 4.79 Å². The highest BCUT2D eigenvalue weighted by Crippen LogP contribution is 2.14. The molecule has 3 amide bonds. The first-order valence-corrected chi connectivity index (χ1v) is 7.99. The Morgan fingerprint density at radius 1 is 1.05 bits per heavy atom. The summed E-state index contributed by atoms with van der Waals surface area (Å²) in [7, 11) is 0. The maximum absolute atomic E-state index is 12.6. The Hall–Kier alpha value is -2.04. The molecule has 1 saturated heterocycles. The second-order valence-corrected chi connectivity index (χ2v) is 6.07. The molecule has 2 rings (SSSR count). The maximum atomic E-state index is 12.6. The van der Waals surface area contributed by atoms with E-state index in [2.05, 4.69) is 10.6 Å². The summed E-state index contributed by atoms with van der Waals surface area (Å²) in [6.45, 7) is 5.50. The average molecular weight is 303 g/mol. The molecule has 1 fully saturated rings. The Balaban J connectivity index is 1.95. The lowest BCUT2D eigenvalue weighted by Gasteiger charge is -2.32. The zero-order valence-electron chi connectivity index (χ0n) is 13.3. The quantitative estimate of drug-likeness (QED) is 0.898. The van der Waals surface area contributed by atoms with Crippen LogP contribution in [0.15, 0.2) is 30.3 Å². The van der Waals surface area contributed by atoms with E-state index in [9.17, 15) is 9.59 Å². The van der Waals surface area contributed by atoms with Crippen LogP contribution in [-0.2, 0) is 4.79 Å². The smallest absolute Gasteiger partial charge is 0.319 e. The van der Waals surface area contributed by atoms with Gasteiger partial charge in [0.1, 0.15) is 6.04 Å². The molecule has 5 heteroatoms. The van der Waals surface area contributed by atoms with Crippen molar-refractivity contribution in [1.82, 2.24) is 10.2 Å². The van der Waals surface area contributed by atoms with Crippen molar-refractivity contribution in [3.05, 3.63) is 30.3 Å². The van der Waals surface area contributed by atoms with Gasteiger partial charge in [0.15, 0.2) is 0 Å². The van der Waals surface area contributed by atoms with Crippen LogP contribution >= 0.6 is 0 Å². The second-order valence-electron chi connectivity index (χ2n) is 6.07. The molecule has 1 heterocycles. The second kappa shape index (κ2) is 7.82. The minimum absolute atomic E-state index is 0.0258. The predicted molar refractivity (Wildman–Crippen MR) is 87.7 cm³/mol. The number of piperidine rings is 1. The predicted octanol–water partition coefficient (Wildman–Crippen LogP) is 2.85. The van der Waals surface area contributed by atoms with Crippen LogP contribution in [0.1, 0.15) is 33.1 Å². The van der Waals surface area contributed by atoms with Crippen LogP contribution in [0.3, 0.4) is 0 Å². The van der Waals surface area contributed by atoms with Gasteiger partial charge < -0.3 is 15.5 Å². The van der Waals surface area contributed by atoms with Crippen molar-refractivity contribution in [2.75, 3.05) is 18.4 Å². The Morgan fingerprint density at radius 2 is 1.68 bits per heavy atom. The van der Waals surface area contributed by atoms with Gasteiger partial charge in [-0.15, -0.1) is 0 Å². The number of hydrogen-bond acceptors (Lipinski definition) is 2. The van der Waals surface area contributed by atoms with Crippen LogP contribution in [0.4, 0.5) is 10.5 Å². The molecule has 0 spiro atoms. The largest absolute Gasteiger partial charge is 0.341 e. The Bertz CT molecular complexity index is 496. The number of hydrogen-bond donors (Lipinski definition) is 2. The van der Waals surface area contributed by atoms with Crippen LogP contribution in [-0.4, -0.2) is 36.0 Å². The molecular weight excluding hydrogens is 278 g/mol. The fraction of sp³-hybridized carbons (Fsp3) is 0.529. The van der Waals surface area contributed by atoms with Gasteiger partial charge in [0, 0.05) is 18.8 Å². The molecule has 2 N–H and O–H groups in total. The van der Waals surface area contributed by atoms with Gasteiger partial charge in [-0.1, -0.05) is 32.0 Å². The standard InChI is InChI=1S/C17H25N3O2/c1-13(2)15(16(21)20-11-7-4-8-12-20)19-17(22)18-14-9-5-3-6-10-14/h3,5-6,9-10,13,15H,4,7-8,11-12H2,1-2H3,(H2,18,19,22)/t15-/m0/s1. The van der Waals surface area contributed by atoms with Gasteiger partial charge in [-0.05, 0) is 37.3 Å². The lowest BCUT2D eigenvalue weighted by molar-refractivity contribution is -0.135. The molecule has 22 heavy (non-hydrogen) atoms. The van der Waals surface area contributed by atoms with E-state index in [-0.39, 0.29) is 17.9 Å². The van der Waals surface area contributed by atoms with Crippen molar-refractivity contribution in [2.45, 2.75) is 39.2 Å². The third kappa shape index (κ3) is 4.48. The zero-order valence-corrected chi connectivity index (χ0v) is 13.3. The summed E-state index contributed by atoms with van der Waals surface area (Å²) in [6.07, 6.45) is 3.28. The number of nitrogens with zero attached hydrogens (tertiary/aromatic N) is 1. The van der Waals surface area contributed by atoms with Crippen molar-refractivity contribution >= 4 is 17.6 Å². The summed E-state index contributed by atoms with van der Waals surface area (Å²) in [6, 6.07) is 8.41. The van der Waals surface area contributed by atoms with Crippen LogP contribution < -0.4 is 10.6 Å². The van der Waals surface area contributed by atoms with Gasteiger partial charge in [0.2, 0.25) is 5.91 Å². The Kier molecular flexibility index (Phi) is 5.81.